The van der Waals surface area contributed by atoms with Gasteiger partial charge in [0, 0.05) is 0 Å². The first-order chi connectivity index (χ1) is 14.1. The second kappa shape index (κ2) is 7.99. The molecule has 1 fully saturated rings. The van der Waals surface area contributed by atoms with Gasteiger partial charge in [0.2, 0.25) is 11.8 Å². The Morgan fingerprint density at radius 1 is 0.759 bits per heavy atom. The van der Waals surface area contributed by atoms with Gasteiger partial charge in [-0.15, -0.1) is 0 Å². The van der Waals surface area contributed by atoms with Crippen molar-refractivity contribution in [2.75, 3.05) is 24.9 Å². The molecule has 1 saturated carbocycles. The van der Waals surface area contributed by atoms with Gasteiger partial charge in [-0.05, 0) is 42.5 Å². The van der Waals surface area contributed by atoms with Crippen LogP contribution in [0.5, 0.6) is 11.5 Å². The first kappa shape index (κ1) is 19.1. The van der Waals surface area contributed by atoms with E-state index in [1.165, 1.54) is 0 Å². The van der Waals surface area contributed by atoms with E-state index in [1.807, 2.05) is 24.3 Å². The number of nitrogens with one attached hydrogen (secondary N) is 2. The fourth-order valence-corrected chi connectivity index (χ4v) is 4.47. The number of carbonyl (C=O) groups excluding carboxylic acids is 2. The summed E-state index contributed by atoms with van der Waals surface area (Å²) < 4.78 is 10.7. The monoisotopic (exact) mass is 392 g/mol. The number of ether oxygens (including phenoxy) is 2. The Kier molecular flexibility index (Phi) is 5.25. The fraction of sp³-hybridized carbons (Fsp3) is 0.304. The molecule has 2 aliphatic carbocycles. The molecule has 2 aliphatic rings. The van der Waals surface area contributed by atoms with Crippen LogP contribution in [0.3, 0.4) is 0 Å². The molecule has 6 nitrogen and oxygen atoms in total. The van der Waals surface area contributed by atoms with Crippen LogP contribution in [0.1, 0.15) is 6.42 Å². The standard InChI is InChI=1S/C23H24N2O4/c1-28-18-9-5-3-7-16(18)24-22(26)20-14-11-12-15(13-14)21(20)23(27)25-17-8-4-6-10-19(17)29-2/h3-12,14-15,20-21H,13H2,1-2H3,(H,24,26)(H,25,27)/t14-,15+,20-,21-/m0/s1. The minimum atomic E-state index is -0.426. The SMILES string of the molecule is COc1ccccc1NC(=O)[C@@H]1[C@@H](C(=O)Nc2ccccc2OC)[C@H]2C=C[C@@H]1C2. The lowest BCUT2D eigenvalue weighted by molar-refractivity contribution is -0.129. The van der Waals surface area contributed by atoms with Crippen molar-refractivity contribution in [3.8, 4) is 11.5 Å². The van der Waals surface area contributed by atoms with Gasteiger partial charge in [0.15, 0.2) is 0 Å². The smallest absolute Gasteiger partial charge is 0.229 e. The number of hydrogen-bond acceptors (Lipinski definition) is 4. The molecule has 0 radical (unpaired) electrons. The summed E-state index contributed by atoms with van der Waals surface area (Å²) in [7, 11) is 3.13. The Balaban J connectivity index is 1.55. The third-order valence-electron chi connectivity index (χ3n) is 5.79. The molecule has 29 heavy (non-hydrogen) atoms. The van der Waals surface area contributed by atoms with Gasteiger partial charge in [-0.25, -0.2) is 0 Å². The molecule has 2 bridgehead atoms. The number of allylic oxidation sites excluding steroid dienone is 2. The van der Waals surface area contributed by atoms with Crippen LogP contribution in [-0.2, 0) is 9.59 Å². The summed E-state index contributed by atoms with van der Waals surface area (Å²) in [5.41, 5.74) is 1.21. The molecular weight excluding hydrogens is 368 g/mol. The van der Waals surface area contributed by atoms with Crippen molar-refractivity contribution in [1.82, 2.24) is 0 Å². The molecule has 2 N–H and O–H groups in total. The maximum Gasteiger partial charge on any atom is 0.229 e. The normalized spacial score (nSPS) is 24.2. The van der Waals surface area contributed by atoms with Crippen LogP contribution in [0.15, 0.2) is 60.7 Å². The Morgan fingerprint density at radius 3 is 1.59 bits per heavy atom. The minimum Gasteiger partial charge on any atom is -0.495 e. The molecule has 0 spiro atoms. The van der Waals surface area contributed by atoms with Gasteiger partial charge in [-0.3, -0.25) is 9.59 Å². The van der Waals surface area contributed by atoms with Gasteiger partial charge in [0.05, 0.1) is 37.4 Å². The number of carbonyl (C=O) groups is 2. The molecule has 6 heteroatoms. The number of anilines is 2. The van der Waals surface area contributed by atoms with Crippen molar-refractivity contribution in [1.29, 1.82) is 0 Å². The molecule has 2 amide bonds. The summed E-state index contributed by atoms with van der Waals surface area (Å²) in [6.07, 6.45) is 4.93. The Morgan fingerprint density at radius 2 is 1.17 bits per heavy atom. The quantitative estimate of drug-likeness (QED) is 0.735. The van der Waals surface area contributed by atoms with Crippen LogP contribution in [0.25, 0.3) is 0 Å². The summed E-state index contributed by atoms with van der Waals surface area (Å²) in [6.45, 7) is 0. The summed E-state index contributed by atoms with van der Waals surface area (Å²) in [5, 5.41) is 5.91. The highest BCUT2D eigenvalue weighted by Gasteiger charge is 2.51. The summed E-state index contributed by atoms with van der Waals surface area (Å²) >= 11 is 0. The zero-order chi connectivity index (χ0) is 20.4. The van der Waals surface area contributed by atoms with Gasteiger partial charge in [-0.1, -0.05) is 36.4 Å². The number of rotatable bonds is 6. The lowest BCUT2D eigenvalue weighted by atomic mass is 9.81. The van der Waals surface area contributed by atoms with Crippen molar-refractivity contribution >= 4 is 23.2 Å². The summed E-state index contributed by atoms with van der Waals surface area (Å²) in [4.78, 5) is 26.3. The molecule has 4 atom stereocenters. The molecular formula is C23H24N2O4. The molecule has 150 valence electrons. The zero-order valence-electron chi connectivity index (χ0n) is 16.4. The number of para-hydroxylation sites is 4. The van der Waals surface area contributed by atoms with E-state index in [0.29, 0.717) is 22.9 Å². The van der Waals surface area contributed by atoms with Crippen LogP contribution in [0, 0.1) is 23.7 Å². The highest BCUT2D eigenvalue weighted by atomic mass is 16.5. The van der Waals surface area contributed by atoms with Gasteiger partial charge < -0.3 is 20.1 Å². The van der Waals surface area contributed by atoms with Crippen molar-refractivity contribution in [2.24, 2.45) is 23.7 Å². The molecule has 2 aromatic carbocycles. The van der Waals surface area contributed by atoms with Gasteiger partial charge in [-0.2, -0.15) is 0 Å². The second-order valence-corrected chi connectivity index (χ2v) is 7.38. The Hall–Kier alpha value is -3.28. The average molecular weight is 392 g/mol. The molecule has 2 aromatic rings. The number of methoxy groups -OCH3 is 2. The van der Waals surface area contributed by atoms with Crippen LogP contribution >= 0.6 is 0 Å². The maximum absolute atomic E-state index is 13.2. The Bertz CT molecular complexity index is 880. The summed E-state index contributed by atoms with van der Waals surface area (Å²) in [5.74, 6) is 0.127. The second-order valence-electron chi connectivity index (χ2n) is 7.38. The number of amides is 2. The van der Waals surface area contributed by atoms with Crippen molar-refractivity contribution in [3.05, 3.63) is 60.7 Å². The van der Waals surface area contributed by atoms with Gasteiger partial charge in [0.1, 0.15) is 11.5 Å². The average Bonchev–Trinajstić information content (AvgIpc) is 3.36. The van der Waals surface area contributed by atoms with Gasteiger partial charge >= 0.3 is 0 Å². The lowest BCUT2D eigenvalue weighted by Crippen LogP contribution is -2.39. The molecule has 4 rings (SSSR count). The third-order valence-corrected chi connectivity index (χ3v) is 5.79. The molecule has 0 heterocycles. The third kappa shape index (κ3) is 3.58. The van der Waals surface area contributed by atoms with Crippen molar-refractivity contribution in [3.63, 3.8) is 0 Å². The number of fused-ring (bicyclic) bond motifs is 2. The van der Waals surface area contributed by atoms with E-state index in [1.54, 1.807) is 38.5 Å². The molecule has 0 unspecified atom stereocenters. The van der Waals surface area contributed by atoms with Crippen LogP contribution in [0.2, 0.25) is 0 Å². The number of benzene rings is 2. The van der Waals surface area contributed by atoms with E-state index in [2.05, 4.69) is 22.8 Å². The lowest BCUT2D eigenvalue weighted by Gasteiger charge is -2.27. The van der Waals surface area contributed by atoms with E-state index in [-0.39, 0.29) is 23.7 Å². The van der Waals surface area contributed by atoms with E-state index >= 15 is 0 Å². The maximum atomic E-state index is 13.2. The highest BCUT2D eigenvalue weighted by Crippen LogP contribution is 2.49. The van der Waals surface area contributed by atoms with E-state index < -0.39 is 11.8 Å². The zero-order valence-corrected chi connectivity index (χ0v) is 16.4. The fourth-order valence-electron chi connectivity index (χ4n) is 4.47. The van der Waals surface area contributed by atoms with Crippen LogP contribution in [-0.4, -0.2) is 26.0 Å². The first-order valence-corrected chi connectivity index (χ1v) is 9.68. The van der Waals surface area contributed by atoms with Crippen molar-refractivity contribution in [2.45, 2.75) is 6.42 Å². The first-order valence-electron chi connectivity index (χ1n) is 9.68. The van der Waals surface area contributed by atoms with E-state index in [9.17, 15) is 9.59 Å². The van der Waals surface area contributed by atoms with Crippen LogP contribution < -0.4 is 20.1 Å². The molecule has 0 aliphatic heterocycles. The molecule has 0 aromatic heterocycles. The van der Waals surface area contributed by atoms with E-state index in [0.717, 1.165) is 6.42 Å². The minimum absolute atomic E-state index is 0.0585. The Labute approximate surface area is 169 Å². The molecule has 0 saturated heterocycles. The number of hydrogen-bond donors (Lipinski definition) is 2. The predicted molar refractivity (Wildman–Crippen MR) is 111 cm³/mol. The van der Waals surface area contributed by atoms with Crippen molar-refractivity contribution < 1.29 is 19.1 Å². The topological polar surface area (TPSA) is 76.7 Å². The van der Waals surface area contributed by atoms with Crippen LogP contribution in [0.4, 0.5) is 11.4 Å². The van der Waals surface area contributed by atoms with E-state index in [4.69, 9.17) is 9.47 Å². The predicted octanol–water partition coefficient (Wildman–Crippen LogP) is 3.72. The highest BCUT2D eigenvalue weighted by molar-refractivity contribution is 6.02. The largest absolute Gasteiger partial charge is 0.495 e. The van der Waals surface area contributed by atoms with Gasteiger partial charge in [0.25, 0.3) is 0 Å². The summed E-state index contributed by atoms with van der Waals surface area (Å²) in [6, 6.07) is 14.5.